The van der Waals surface area contributed by atoms with Crippen LogP contribution in [0, 0.1) is 0 Å². The van der Waals surface area contributed by atoms with Gasteiger partial charge < -0.3 is 0 Å². The summed E-state index contributed by atoms with van der Waals surface area (Å²) in [5.74, 6) is 0.0913. The molecule has 0 saturated carbocycles. The van der Waals surface area contributed by atoms with Crippen molar-refractivity contribution in [1.29, 1.82) is 0 Å². The fourth-order valence-electron chi connectivity index (χ4n) is 1.29. The molecule has 1 N–H and O–H groups in total. The summed E-state index contributed by atoms with van der Waals surface area (Å²) in [7, 11) is -3.17. The van der Waals surface area contributed by atoms with Crippen LogP contribution in [-0.4, -0.2) is 14.2 Å². The second-order valence-electron chi connectivity index (χ2n) is 4.83. The monoisotopic (exact) mass is 241 g/mol. The summed E-state index contributed by atoms with van der Waals surface area (Å²) in [4.78, 5) is 0. The fourth-order valence-corrected chi connectivity index (χ4v) is 1.93. The Labute approximate surface area is 97.9 Å². The van der Waals surface area contributed by atoms with Crippen molar-refractivity contribution in [3.05, 3.63) is 29.8 Å². The van der Waals surface area contributed by atoms with Gasteiger partial charge >= 0.3 is 0 Å². The molecule has 0 aromatic heterocycles. The van der Waals surface area contributed by atoms with Crippen molar-refractivity contribution in [2.24, 2.45) is 0 Å². The zero-order valence-electron chi connectivity index (χ0n) is 10.2. The van der Waals surface area contributed by atoms with E-state index in [1.807, 2.05) is 12.1 Å². The fraction of sp³-hybridized carbons (Fsp3) is 0.500. The topological polar surface area (TPSA) is 46.2 Å². The van der Waals surface area contributed by atoms with Crippen LogP contribution in [0.4, 0.5) is 5.69 Å². The third kappa shape index (κ3) is 3.52. The van der Waals surface area contributed by atoms with Crippen LogP contribution in [0.25, 0.3) is 0 Å². The number of hydrogen-bond donors (Lipinski definition) is 1. The molecule has 4 heteroatoms. The summed E-state index contributed by atoms with van der Waals surface area (Å²) in [6, 6.07) is 7.50. The molecule has 1 rings (SSSR count). The lowest BCUT2D eigenvalue weighted by Crippen LogP contribution is -2.15. The van der Waals surface area contributed by atoms with Gasteiger partial charge in [-0.05, 0) is 30.0 Å². The number of nitrogens with one attached hydrogen (secondary N) is 1. The summed E-state index contributed by atoms with van der Waals surface area (Å²) < 4.78 is 25.2. The molecule has 0 aliphatic heterocycles. The minimum Gasteiger partial charge on any atom is -0.284 e. The van der Waals surface area contributed by atoms with E-state index in [1.54, 1.807) is 19.1 Å². The zero-order valence-corrected chi connectivity index (χ0v) is 11.1. The third-order valence-electron chi connectivity index (χ3n) is 2.40. The summed E-state index contributed by atoms with van der Waals surface area (Å²) in [6.45, 7) is 7.99. The largest absolute Gasteiger partial charge is 0.284 e. The predicted octanol–water partition coefficient (Wildman–Crippen LogP) is 2.75. The van der Waals surface area contributed by atoms with Crippen LogP contribution in [0.1, 0.15) is 33.3 Å². The van der Waals surface area contributed by atoms with Gasteiger partial charge in [-0.15, -0.1) is 0 Å². The van der Waals surface area contributed by atoms with Crippen LogP contribution < -0.4 is 4.72 Å². The maximum atomic E-state index is 11.3. The van der Waals surface area contributed by atoms with Gasteiger partial charge in [0, 0.05) is 5.69 Å². The molecule has 0 amide bonds. The number of sulfonamides is 1. The maximum Gasteiger partial charge on any atom is 0.232 e. The van der Waals surface area contributed by atoms with Gasteiger partial charge in [-0.3, -0.25) is 4.72 Å². The maximum absolute atomic E-state index is 11.3. The van der Waals surface area contributed by atoms with Crippen molar-refractivity contribution in [2.45, 2.75) is 33.1 Å². The second-order valence-corrected chi connectivity index (χ2v) is 6.84. The normalized spacial score (nSPS) is 12.5. The smallest absolute Gasteiger partial charge is 0.232 e. The summed E-state index contributed by atoms with van der Waals surface area (Å²) in [6.07, 6.45) is 0. The van der Waals surface area contributed by atoms with Gasteiger partial charge in [0.2, 0.25) is 10.0 Å². The highest BCUT2D eigenvalue weighted by Gasteiger charge is 2.13. The van der Waals surface area contributed by atoms with E-state index in [4.69, 9.17) is 0 Å². The highest BCUT2D eigenvalue weighted by atomic mass is 32.2. The summed E-state index contributed by atoms with van der Waals surface area (Å²) in [5, 5.41) is 0. The number of anilines is 1. The molecule has 1 aromatic rings. The number of benzene rings is 1. The van der Waals surface area contributed by atoms with E-state index >= 15 is 0 Å². The van der Waals surface area contributed by atoms with Crippen molar-refractivity contribution in [2.75, 3.05) is 10.5 Å². The van der Waals surface area contributed by atoms with Crippen LogP contribution in [0.2, 0.25) is 0 Å². The molecule has 0 spiro atoms. The van der Waals surface area contributed by atoms with E-state index < -0.39 is 10.0 Å². The molecule has 0 fully saturated rings. The molecular formula is C12H19NO2S. The third-order valence-corrected chi connectivity index (χ3v) is 3.71. The Kier molecular flexibility index (Phi) is 3.63. The Morgan fingerprint density at radius 3 is 2.00 bits per heavy atom. The van der Waals surface area contributed by atoms with E-state index in [-0.39, 0.29) is 11.2 Å². The predicted molar refractivity (Wildman–Crippen MR) is 68.2 cm³/mol. The number of rotatable bonds is 3. The lowest BCUT2D eigenvalue weighted by atomic mass is 9.87. The first kappa shape index (κ1) is 13.0. The average molecular weight is 241 g/mol. The van der Waals surface area contributed by atoms with Gasteiger partial charge in [0.05, 0.1) is 5.75 Å². The van der Waals surface area contributed by atoms with E-state index in [1.165, 1.54) is 5.56 Å². The summed E-state index contributed by atoms with van der Waals surface area (Å²) >= 11 is 0. The molecular weight excluding hydrogens is 222 g/mol. The SMILES string of the molecule is CCS(=O)(=O)Nc1ccc(C(C)(C)C)cc1. The minimum absolute atomic E-state index is 0.0855. The van der Waals surface area contributed by atoms with Crippen molar-refractivity contribution in [3.63, 3.8) is 0 Å². The molecule has 0 radical (unpaired) electrons. The highest BCUT2D eigenvalue weighted by molar-refractivity contribution is 7.92. The first-order chi connectivity index (χ1) is 7.24. The Morgan fingerprint density at radius 1 is 1.12 bits per heavy atom. The van der Waals surface area contributed by atoms with Crippen molar-refractivity contribution in [3.8, 4) is 0 Å². The highest BCUT2D eigenvalue weighted by Crippen LogP contribution is 2.23. The van der Waals surface area contributed by atoms with Gasteiger partial charge in [0.15, 0.2) is 0 Å². The van der Waals surface area contributed by atoms with Gasteiger partial charge in [0.1, 0.15) is 0 Å². The van der Waals surface area contributed by atoms with Gasteiger partial charge in [-0.2, -0.15) is 0 Å². The molecule has 0 saturated heterocycles. The van der Waals surface area contributed by atoms with Gasteiger partial charge in [0.25, 0.3) is 0 Å². The standard InChI is InChI=1S/C12H19NO2S/c1-5-16(14,15)13-11-8-6-10(7-9-11)12(2,3)4/h6-9,13H,5H2,1-4H3. The van der Waals surface area contributed by atoms with Crippen molar-refractivity contribution >= 4 is 15.7 Å². The quantitative estimate of drug-likeness (QED) is 0.884. The molecule has 0 atom stereocenters. The Hall–Kier alpha value is -1.03. The first-order valence-electron chi connectivity index (χ1n) is 5.35. The molecule has 0 bridgehead atoms. The lowest BCUT2D eigenvalue weighted by molar-refractivity contribution is 0.590. The first-order valence-corrected chi connectivity index (χ1v) is 7.01. The molecule has 0 unspecified atom stereocenters. The zero-order chi connectivity index (χ0) is 12.4. The Balaban J connectivity index is 2.89. The molecule has 1 aromatic carbocycles. The minimum atomic E-state index is -3.17. The summed E-state index contributed by atoms with van der Waals surface area (Å²) in [5.41, 5.74) is 1.89. The van der Waals surface area contributed by atoms with E-state index in [2.05, 4.69) is 25.5 Å². The molecule has 90 valence electrons. The Morgan fingerprint density at radius 2 is 1.62 bits per heavy atom. The van der Waals surface area contributed by atoms with Crippen molar-refractivity contribution in [1.82, 2.24) is 0 Å². The molecule has 0 aliphatic carbocycles. The van der Waals surface area contributed by atoms with Gasteiger partial charge in [-0.25, -0.2) is 8.42 Å². The second kappa shape index (κ2) is 4.45. The van der Waals surface area contributed by atoms with Crippen LogP contribution >= 0.6 is 0 Å². The average Bonchev–Trinajstić information content (AvgIpc) is 2.16. The van der Waals surface area contributed by atoms with E-state index in [0.29, 0.717) is 5.69 Å². The lowest BCUT2D eigenvalue weighted by Gasteiger charge is -2.19. The van der Waals surface area contributed by atoms with E-state index in [0.717, 1.165) is 0 Å². The van der Waals surface area contributed by atoms with Gasteiger partial charge in [-0.1, -0.05) is 32.9 Å². The van der Waals surface area contributed by atoms with Crippen LogP contribution in [0.15, 0.2) is 24.3 Å². The molecule has 0 heterocycles. The van der Waals surface area contributed by atoms with E-state index in [9.17, 15) is 8.42 Å². The molecule has 0 aliphatic rings. The Bertz CT molecular complexity index is 441. The number of hydrogen-bond acceptors (Lipinski definition) is 2. The van der Waals surface area contributed by atoms with Crippen LogP contribution in [-0.2, 0) is 15.4 Å². The molecule has 16 heavy (non-hydrogen) atoms. The molecule has 3 nitrogen and oxygen atoms in total. The van der Waals surface area contributed by atoms with Crippen LogP contribution in [0.5, 0.6) is 0 Å². The van der Waals surface area contributed by atoms with Crippen molar-refractivity contribution < 1.29 is 8.42 Å². The van der Waals surface area contributed by atoms with Crippen LogP contribution in [0.3, 0.4) is 0 Å².